The molecule has 0 amide bonds. The van der Waals surface area contributed by atoms with Gasteiger partial charge in [0.25, 0.3) is 0 Å². The first-order valence-electron chi connectivity index (χ1n) is 5.20. The summed E-state index contributed by atoms with van der Waals surface area (Å²) in [4.78, 5) is 22.1. The SMILES string of the molecule is CC(C)C=C(CC(=O)O)C(=O)OCC1CO1. The van der Waals surface area contributed by atoms with Crippen molar-refractivity contribution in [2.75, 3.05) is 13.2 Å². The van der Waals surface area contributed by atoms with Gasteiger partial charge >= 0.3 is 11.9 Å². The van der Waals surface area contributed by atoms with Gasteiger partial charge in [0.05, 0.1) is 13.0 Å². The maximum Gasteiger partial charge on any atom is 0.334 e. The second-order valence-corrected chi connectivity index (χ2v) is 4.06. The van der Waals surface area contributed by atoms with Crippen LogP contribution >= 0.6 is 0 Å². The van der Waals surface area contributed by atoms with Gasteiger partial charge in [0.2, 0.25) is 0 Å². The predicted octanol–water partition coefficient (Wildman–Crippen LogP) is 0.986. The summed E-state index contributed by atoms with van der Waals surface area (Å²) in [6.07, 6.45) is 1.31. The second-order valence-electron chi connectivity index (χ2n) is 4.06. The second kappa shape index (κ2) is 5.65. The molecule has 5 heteroatoms. The lowest BCUT2D eigenvalue weighted by molar-refractivity contribution is -0.143. The van der Waals surface area contributed by atoms with Crippen molar-refractivity contribution in [2.45, 2.75) is 26.4 Å². The highest BCUT2D eigenvalue weighted by Crippen LogP contribution is 2.13. The van der Waals surface area contributed by atoms with E-state index in [-0.39, 0.29) is 30.6 Å². The van der Waals surface area contributed by atoms with Crippen molar-refractivity contribution in [3.8, 4) is 0 Å². The monoisotopic (exact) mass is 228 g/mol. The highest BCUT2D eigenvalue weighted by atomic mass is 16.6. The minimum atomic E-state index is -1.04. The van der Waals surface area contributed by atoms with E-state index in [9.17, 15) is 9.59 Å². The Morgan fingerprint density at radius 1 is 1.56 bits per heavy atom. The number of hydrogen-bond donors (Lipinski definition) is 1. The normalized spacial score (nSPS) is 19.7. The van der Waals surface area contributed by atoms with Crippen LogP contribution < -0.4 is 0 Å². The van der Waals surface area contributed by atoms with E-state index in [1.165, 1.54) is 0 Å². The highest BCUT2D eigenvalue weighted by molar-refractivity contribution is 5.93. The third-order valence-electron chi connectivity index (χ3n) is 1.94. The van der Waals surface area contributed by atoms with E-state index >= 15 is 0 Å². The average molecular weight is 228 g/mol. The topological polar surface area (TPSA) is 76.1 Å². The Morgan fingerprint density at radius 2 is 2.19 bits per heavy atom. The molecule has 0 saturated carbocycles. The van der Waals surface area contributed by atoms with Gasteiger partial charge in [-0.1, -0.05) is 19.9 Å². The lowest BCUT2D eigenvalue weighted by Gasteiger charge is -2.06. The molecule has 1 fully saturated rings. The smallest absolute Gasteiger partial charge is 0.334 e. The molecule has 0 aromatic carbocycles. The van der Waals surface area contributed by atoms with Crippen LogP contribution in [0.2, 0.25) is 0 Å². The first-order valence-corrected chi connectivity index (χ1v) is 5.20. The van der Waals surface area contributed by atoms with Crippen LogP contribution in [-0.4, -0.2) is 36.4 Å². The standard InChI is InChI=1S/C11H16O5/c1-7(2)3-8(4-10(12)13)11(14)16-6-9-5-15-9/h3,7,9H,4-6H2,1-2H3,(H,12,13). The highest BCUT2D eigenvalue weighted by Gasteiger charge is 2.25. The number of aliphatic carboxylic acids is 1. The molecular formula is C11H16O5. The molecule has 1 rings (SSSR count). The zero-order valence-electron chi connectivity index (χ0n) is 9.43. The molecule has 16 heavy (non-hydrogen) atoms. The van der Waals surface area contributed by atoms with Crippen molar-refractivity contribution in [3.05, 3.63) is 11.6 Å². The number of carbonyl (C=O) groups is 2. The van der Waals surface area contributed by atoms with Crippen molar-refractivity contribution in [1.29, 1.82) is 0 Å². The van der Waals surface area contributed by atoms with Crippen LogP contribution in [0.1, 0.15) is 20.3 Å². The summed E-state index contributed by atoms with van der Waals surface area (Å²) in [6.45, 7) is 4.56. The summed E-state index contributed by atoms with van der Waals surface area (Å²) in [5.41, 5.74) is 0.197. The summed E-state index contributed by atoms with van der Waals surface area (Å²) in [5, 5.41) is 8.66. The minimum Gasteiger partial charge on any atom is -0.481 e. The van der Waals surface area contributed by atoms with E-state index < -0.39 is 11.9 Å². The Hall–Kier alpha value is -1.36. The van der Waals surface area contributed by atoms with Crippen LogP contribution in [0, 0.1) is 5.92 Å². The van der Waals surface area contributed by atoms with Crippen molar-refractivity contribution in [2.24, 2.45) is 5.92 Å². The molecule has 1 N–H and O–H groups in total. The molecule has 5 nitrogen and oxygen atoms in total. The predicted molar refractivity (Wildman–Crippen MR) is 55.9 cm³/mol. The average Bonchev–Trinajstić information content (AvgIpc) is 2.95. The molecule has 1 heterocycles. The van der Waals surface area contributed by atoms with E-state index in [0.717, 1.165) is 0 Å². The molecule has 1 saturated heterocycles. The van der Waals surface area contributed by atoms with Crippen molar-refractivity contribution in [1.82, 2.24) is 0 Å². The third-order valence-corrected chi connectivity index (χ3v) is 1.94. The van der Waals surface area contributed by atoms with Crippen LogP contribution in [0.3, 0.4) is 0 Å². The van der Waals surface area contributed by atoms with E-state index in [1.54, 1.807) is 6.08 Å². The van der Waals surface area contributed by atoms with E-state index in [1.807, 2.05) is 13.8 Å². The summed E-state index contributed by atoms with van der Waals surface area (Å²) < 4.78 is 9.82. The summed E-state index contributed by atoms with van der Waals surface area (Å²) in [5.74, 6) is -1.49. The van der Waals surface area contributed by atoms with Gasteiger partial charge in [0.15, 0.2) is 0 Å². The number of allylic oxidation sites excluding steroid dienone is 1. The van der Waals surface area contributed by atoms with Crippen LogP contribution in [0.25, 0.3) is 0 Å². The van der Waals surface area contributed by atoms with Gasteiger partial charge in [-0.05, 0) is 5.92 Å². The van der Waals surface area contributed by atoms with E-state index in [0.29, 0.717) is 6.61 Å². The lowest BCUT2D eigenvalue weighted by atomic mass is 10.1. The molecule has 90 valence electrons. The largest absolute Gasteiger partial charge is 0.481 e. The van der Waals surface area contributed by atoms with Crippen molar-refractivity contribution >= 4 is 11.9 Å². The number of ether oxygens (including phenoxy) is 2. The molecule has 0 aromatic rings. The van der Waals surface area contributed by atoms with Gasteiger partial charge in [-0.2, -0.15) is 0 Å². The number of esters is 1. The number of carboxylic acids is 1. The maximum absolute atomic E-state index is 11.5. The van der Waals surface area contributed by atoms with Gasteiger partial charge < -0.3 is 14.6 Å². The summed E-state index contributed by atoms with van der Waals surface area (Å²) >= 11 is 0. The van der Waals surface area contributed by atoms with Crippen LogP contribution in [0.4, 0.5) is 0 Å². The molecule has 1 aliphatic rings. The van der Waals surface area contributed by atoms with Gasteiger partial charge in [-0.25, -0.2) is 4.79 Å². The number of carbonyl (C=O) groups excluding carboxylic acids is 1. The van der Waals surface area contributed by atoms with Crippen LogP contribution in [0.15, 0.2) is 11.6 Å². The molecule has 0 radical (unpaired) electrons. The zero-order valence-corrected chi connectivity index (χ0v) is 9.43. The minimum absolute atomic E-state index is 0.00548. The fourth-order valence-corrected chi connectivity index (χ4v) is 1.19. The number of carboxylic acid groups (broad SMARTS) is 1. The molecule has 0 aromatic heterocycles. The lowest BCUT2D eigenvalue weighted by Crippen LogP contribution is -2.15. The van der Waals surface area contributed by atoms with Gasteiger partial charge in [0.1, 0.15) is 12.7 Å². The van der Waals surface area contributed by atoms with Gasteiger partial charge in [-0.15, -0.1) is 0 Å². The first kappa shape index (κ1) is 12.7. The molecule has 0 bridgehead atoms. The van der Waals surface area contributed by atoms with Crippen molar-refractivity contribution < 1.29 is 24.2 Å². The zero-order chi connectivity index (χ0) is 12.1. The Balaban J connectivity index is 2.51. The van der Waals surface area contributed by atoms with Crippen LogP contribution in [0.5, 0.6) is 0 Å². The molecule has 1 unspecified atom stereocenters. The maximum atomic E-state index is 11.5. The molecule has 1 aliphatic heterocycles. The Bertz CT molecular complexity index is 301. The summed E-state index contributed by atoms with van der Waals surface area (Å²) in [6, 6.07) is 0. The number of epoxide rings is 1. The van der Waals surface area contributed by atoms with E-state index in [4.69, 9.17) is 14.6 Å². The quantitative estimate of drug-likeness (QED) is 0.416. The fourth-order valence-electron chi connectivity index (χ4n) is 1.19. The van der Waals surface area contributed by atoms with Gasteiger partial charge in [0, 0.05) is 5.57 Å². The number of hydrogen-bond acceptors (Lipinski definition) is 4. The molecular weight excluding hydrogens is 212 g/mol. The number of rotatable bonds is 6. The Labute approximate surface area is 94.0 Å². The Kier molecular flexibility index (Phi) is 4.49. The molecule has 1 atom stereocenters. The van der Waals surface area contributed by atoms with Gasteiger partial charge in [-0.3, -0.25) is 4.79 Å². The molecule has 0 spiro atoms. The van der Waals surface area contributed by atoms with Crippen LogP contribution in [-0.2, 0) is 19.1 Å². The Morgan fingerprint density at radius 3 is 2.62 bits per heavy atom. The fraction of sp³-hybridized carbons (Fsp3) is 0.636. The summed E-state index contributed by atoms with van der Waals surface area (Å²) in [7, 11) is 0. The van der Waals surface area contributed by atoms with Crippen molar-refractivity contribution in [3.63, 3.8) is 0 Å². The third kappa shape index (κ3) is 4.93. The molecule has 0 aliphatic carbocycles. The van der Waals surface area contributed by atoms with E-state index in [2.05, 4.69) is 0 Å². The first-order chi connectivity index (χ1) is 7.49.